The Labute approximate surface area is 162 Å². The Bertz CT molecular complexity index is 856. The molecule has 0 saturated carbocycles. The molecule has 1 aliphatic rings. The number of nitro groups is 1. The molecule has 1 saturated heterocycles. The summed E-state index contributed by atoms with van der Waals surface area (Å²) in [5, 5.41) is 52.4. The van der Waals surface area contributed by atoms with Crippen molar-refractivity contribution in [2.45, 2.75) is 30.6 Å². The van der Waals surface area contributed by atoms with Crippen LogP contribution in [0.1, 0.15) is 15.2 Å². The first-order chi connectivity index (χ1) is 13.3. The molecule has 0 aliphatic carbocycles. The number of thiazole rings is 1. The second-order valence-corrected chi connectivity index (χ2v) is 7.09. The number of aliphatic hydroxyl groups is 4. The third-order valence-electron chi connectivity index (χ3n) is 4.23. The van der Waals surface area contributed by atoms with Crippen LogP contribution in [0.15, 0.2) is 30.5 Å². The number of benzene rings is 1. The Morgan fingerprint density at radius 3 is 2.50 bits per heavy atom. The summed E-state index contributed by atoms with van der Waals surface area (Å²) in [6, 6.07) is 5.12. The molecule has 28 heavy (non-hydrogen) atoms. The molecule has 0 amide bonds. The molecular formula is C16H17N3O8S. The SMILES string of the molecule is O=C(c1ccc([N+](=O)[O-])cc1)c1cnc(N[C@H]2O[C@H](CO)[C@@H](O)[C@H](O)[C@@H]2O)s1. The molecule has 2 heterocycles. The maximum Gasteiger partial charge on any atom is 0.269 e. The number of nitrogens with zero attached hydrogens (tertiary/aromatic N) is 2. The maximum absolute atomic E-state index is 12.5. The van der Waals surface area contributed by atoms with E-state index in [1.807, 2.05) is 0 Å². The van der Waals surface area contributed by atoms with Crippen molar-refractivity contribution in [3.63, 3.8) is 0 Å². The van der Waals surface area contributed by atoms with Gasteiger partial charge in [0.1, 0.15) is 24.4 Å². The highest BCUT2D eigenvalue weighted by atomic mass is 32.1. The van der Waals surface area contributed by atoms with Crippen molar-refractivity contribution in [1.82, 2.24) is 4.98 Å². The van der Waals surface area contributed by atoms with E-state index < -0.39 is 48.0 Å². The van der Waals surface area contributed by atoms with Crippen LogP contribution in [0, 0.1) is 10.1 Å². The second-order valence-electron chi connectivity index (χ2n) is 6.06. The summed E-state index contributed by atoms with van der Waals surface area (Å²) in [5.41, 5.74) is 0.111. The van der Waals surface area contributed by atoms with Crippen LogP contribution >= 0.6 is 11.3 Å². The van der Waals surface area contributed by atoms with Gasteiger partial charge >= 0.3 is 0 Å². The predicted molar refractivity (Wildman–Crippen MR) is 96.0 cm³/mol. The Balaban J connectivity index is 1.71. The van der Waals surface area contributed by atoms with Gasteiger partial charge in [-0.3, -0.25) is 14.9 Å². The van der Waals surface area contributed by atoms with Crippen molar-refractivity contribution < 1.29 is 34.9 Å². The van der Waals surface area contributed by atoms with Crippen LogP contribution in [0.3, 0.4) is 0 Å². The van der Waals surface area contributed by atoms with Crippen LogP contribution in [0.2, 0.25) is 0 Å². The summed E-state index contributed by atoms with van der Waals surface area (Å²) in [6.07, 6.45) is -5.45. The molecule has 2 aromatic rings. The smallest absolute Gasteiger partial charge is 0.269 e. The third-order valence-corrected chi connectivity index (χ3v) is 5.16. The van der Waals surface area contributed by atoms with Crippen molar-refractivity contribution in [2.75, 3.05) is 11.9 Å². The number of ether oxygens (including phenoxy) is 1. The highest BCUT2D eigenvalue weighted by molar-refractivity contribution is 7.17. The van der Waals surface area contributed by atoms with Crippen molar-refractivity contribution >= 4 is 27.9 Å². The molecule has 0 unspecified atom stereocenters. The van der Waals surface area contributed by atoms with Crippen molar-refractivity contribution in [3.8, 4) is 0 Å². The Morgan fingerprint density at radius 1 is 1.21 bits per heavy atom. The minimum atomic E-state index is -1.54. The Kier molecular flexibility index (Phi) is 5.98. The van der Waals surface area contributed by atoms with Crippen LogP contribution in [0.5, 0.6) is 0 Å². The molecule has 1 fully saturated rings. The van der Waals surface area contributed by atoms with Crippen LogP contribution in [-0.2, 0) is 4.74 Å². The van der Waals surface area contributed by atoms with Gasteiger partial charge in [0, 0.05) is 17.7 Å². The lowest BCUT2D eigenvalue weighted by molar-refractivity contribution is -0.384. The zero-order chi connectivity index (χ0) is 20.4. The van der Waals surface area contributed by atoms with Gasteiger partial charge < -0.3 is 30.5 Å². The summed E-state index contributed by atoms with van der Waals surface area (Å²) in [4.78, 5) is 26.8. The summed E-state index contributed by atoms with van der Waals surface area (Å²) >= 11 is 0.949. The molecule has 0 bridgehead atoms. The van der Waals surface area contributed by atoms with E-state index in [0.29, 0.717) is 0 Å². The number of nitro benzene ring substituents is 1. The van der Waals surface area contributed by atoms with Gasteiger partial charge in [-0.15, -0.1) is 0 Å². The number of carbonyl (C=O) groups excluding carboxylic acids is 1. The molecule has 1 aromatic carbocycles. The van der Waals surface area contributed by atoms with E-state index >= 15 is 0 Å². The number of hydrogen-bond donors (Lipinski definition) is 5. The van der Waals surface area contributed by atoms with Crippen molar-refractivity contribution in [3.05, 3.63) is 51.0 Å². The van der Waals surface area contributed by atoms with E-state index in [-0.39, 0.29) is 21.3 Å². The fourth-order valence-corrected chi connectivity index (χ4v) is 3.47. The molecule has 12 heteroatoms. The zero-order valence-electron chi connectivity index (χ0n) is 14.2. The quantitative estimate of drug-likeness (QED) is 0.236. The van der Waals surface area contributed by atoms with Gasteiger partial charge in [0.25, 0.3) is 5.69 Å². The number of carbonyl (C=O) groups is 1. The van der Waals surface area contributed by atoms with Crippen LogP contribution in [0.4, 0.5) is 10.8 Å². The molecule has 0 spiro atoms. The molecule has 150 valence electrons. The van der Waals surface area contributed by atoms with Gasteiger partial charge in [0.15, 0.2) is 11.4 Å². The molecule has 1 aliphatic heterocycles. The van der Waals surface area contributed by atoms with Crippen LogP contribution in [-0.4, -0.2) is 73.4 Å². The molecule has 11 nitrogen and oxygen atoms in total. The lowest BCUT2D eigenvalue weighted by atomic mass is 9.98. The number of anilines is 1. The normalized spacial score (nSPS) is 27.4. The van der Waals surface area contributed by atoms with Crippen molar-refractivity contribution in [2.24, 2.45) is 0 Å². The van der Waals surface area contributed by atoms with E-state index in [1.54, 1.807) is 0 Å². The molecule has 5 N–H and O–H groups in total. The average Bonchev–Trinajstić information content (AvgIpc) is 3.16. The Morgan fingerprint density at radius 2 is 1.89 bits per heavy atom. The Hall–Kier alpha value is -2.48. The second kappa shape index (κ2) is 8.26. The minimum absolute atomic E-state index is 0.133. The van der Waals surface area contributed by atoms with Gasteiger partial charge in [-0.2, -0.15) is 0 Å². The fourth-order valence-electron chi connectivity index (χ4n) is 2.67. The number of aromatic nitrogens is 1. The summed E-state index contributed by atoms with van der Waals surface area (Å²) in [6.45, 7) is -0.565. The molecule has 5 atom stereocenters. The maximum atomic E-state index is 12.5. The van der Waals surface area contributed by atoms with E-state index in [9.17, 15) is 35.3 Å². The lowest BCUT2D eigenvalue weighted by Gasteiger charge is -2.40. The van der Waals surface area contributed by atoms with Gasteiger partial charge in [0.05, 0.1) is 22.6 Å². The molecule has 1 aromatic heterocycles. The first-order valence-corrected chi connectivity index (χ1v) is 8.95. The highest BCUT2D eigenvalue weighted by Crippen LogP contribution is 2.27. The number of hydrogen-bond acceptors (Lipinski definition) is 11. The zero-order valence-corrected chi connectivity index (χ0v) is 15.0. The minimum Gasteiger partial charge on any atom is -0.394 e. The third kappa shape index (κ3) is 4.01. The van der Waals surface area contributed by atoms with E-state index in [0.717, 1.165) is 11.3 Å². The van der Waals surface area contributed by atoms with Crippen LogP contribution in [0.25, 0.3) is 0 Å². The molecule has 3 rings (SSSR count). The lowest BCUT2D eigenvalue weighted by Crippen LogP contribution is -2.60. The first kappa shape index (κ1) is 20.3. The monoisotopic (exact) mass is 411 g/mol. The number of non-ortho nitro benzene ring substituents is 1. The number of ketones is 1. The van der Waals surface area contributed by atoms with E-state index in [4.69, 9.17) is 4.74 Å². The highest BCUT2D eigenvalue weighted by Gasteiger charge is 2.43. The number of nitrogens with one attached hydrogen (secondary N) is 1. The van der Waals surface area contributed by atoms with Gasteiger partial charge in [-0.1, -0.05) is 11.3 Å². The average molecular weight is 411 g/mol. The summed E-state index contributed by atoms with van der Waals surface area (Å²) in [7, 11) is 0. The van der Waals surface area contributed by atoms with E-state index in [2.05, 4.69) is 10.3 Å². The fraction of sp³-hybridized carbons (Fsp3) is 0.375. The van der Waals surface area contributed by atoms with Gasteiger partial charge in [-0.25, -0.2) is 4.98 Å². The van der Waals surface area contributed by atoms with Gasteiger partial charge in [0.2, 0.25) is 5.78 Å². The largest absolute Gasteiger partial charge is 0.394 e. The number of aliphatic hydroxyl groups excluding tert-OH is 4. The number of rotatable bonds is 6. The van der Waals surface area contributed by atoms with Crippen molar-refractivity contribution in [1.29, 1.82) is 0 Å². The molecular weight excluding hydrogens is 394 g/mol. The van der Waals surface area contributed by atoms with Gasteiger partial charge in [-0.05, 0) is 12.1 Å². The standard InChI is InChI=1S/C16H17N3O8S/c20-6-9-12(22)13(23)14(24)15(27-9)18-16-17-5-10(28-16)11(21)7-1-3-8(4-2-7)19(25)26/h1-5,9,12-15,20,22-24H,6H2,(H,17,18)/t9-,12-,13+,14+,15+/m1/s1. The predicted octanol–water partition coefficient (Wildman–Crippen LogP) is -0.506. The topological polar surface area (TPSA) is 175 Å². The first-order valence-electron chi connectivity index (χ1n) is 8.14. The summed E-state index contributed by atoms with van der Waals surface area (Å²) < 4.78 is 5.32. The van der Waals surface area contributed by atoms with E-state index in [1.165, 1.54) is 30.5 Å². The molecule has 0 radical (unpaired) electrons. The summed E-state index contributed by atoms with van der Waals surface area (Å²) in [5.74, 6) is -0.394. The van der Waals surface area contributed by atoms with Crippen LogP contribution < -0.4 is 5.32 Å².